The fourth-order valence-corrected chi connectivity index (χ4v) is 3.46. The molecule has 0 aliphatic heterocycles. The first-order valence-corrected chi connectivity index (χ1v) is 8.61. The maximum atomic E-state index is 11.9. The molecule has 1 aromatic carbocycles. The van der Waals surface area contributed by atoms with E-state index in [0.29, 0.717) is 12.4 Å². The van der Waals surface area contributed by atoms with Crippen molar-refractivity contribution >= 4 is 16.9 Å². The summed E-state index contributed by atoms with van der Waals surface area (Å²) in [6, 6.07) is 4.90. The Labute approximate surface area is 145 Å². The van der Waals surface area contributed by atoms with Crippen molar-refractivity contribution in [1.82, 2.24) is 0 Å². The van der Waals surface area contributed by atoms with Crippen LogP contribution >= 0.6 is 0 Å². The van der Waals surface area contributed by atoms with Crippen molar-refractivity contribution in [3.63, 3.8) is 0 Å². The molecule has 3 rings (SSSR count). The van der Waals surface area contributed by atoms with E-state index in [1.807, 2.05) is 0 Å². The third kappa shape index (κ3) is 3.62. The number of rotatable bonds is 6. The molecule has 1 fully saturated rings. The molecule has 134 valence electrons. The Hall–Kier alpha value is -2.50. The van der Waals surface area contributed by atoms with E-state index in [1.165, 1.54) is 25.7 Å². The smallest absolute Gasteiger partial charge is 0.354 e. The lowest BCUT2D eigenvalue weighted by Crippen LogP contribution is -2.15. The number of aromatic hydroxyl groups is 1. The monoisotopic (exact) mass is 346 g/mol. The van der Waals surface area contributed by atoms with Crippen molar-refractivity contribution in [2.45, 2.75) is 38.5 Å². The number of esters is 1. The maximum Gasteiger partial charge on any atom is 0.354 e. The molecule has 1 aromatic heterocycles. The zero-order chi connectivity index (χ0) is 17.8. The number of hydrogen-bond donors (Lipinski definition) is 1. The largest absolute Gasteiger partial charge is 0.506 e. The average Bonchev–Trinajstić information content (AvgIpc) is 3.11. The van der Waals surface area contributed by atoms with Crippen LogP contribution in [0.1, 0.15) is 48.9 Å². The first kappa shape index (κ1) is 17.3. The van der Waals surface area contributed by atoms with Crippen LogP contribution < -0.4 is 10.4 Å². The van der Waals surface area contributed by atoms with Crippen LogP contribution in [0.2, 0.25) is 0 Å². The van der Waals surface area contributed by atoms with Gasteiger partial charge in [0.05, 0.1) is 13.7 Å². The number of methoxy groups -OCH3 is 1. The molecule has 6 heteroatoms. The van der Waals surface area contributed by atoms with Gasteiger partial charge in [0.1, 0.15) is 16.7 Å². The summed E-state index contributed by atoms with van der Waals surface area (Å²) in [6.07, 6.45) is 7.27. The van der Waals surface area contributed by atoms with Gasteiger partial charge in [-0.1, -0.05) is 31.7 Å². The van der Waals surface area contributed by atoms with E-state index in [9.17, 15) is 14.7 Å². The van der Waals surface area contributed by atoms with Crippen LogP contribution in [0.4, 0.5) is 0 Å². The Morgan fingerprint density at radius 2 is 2.08 bits per heavy atom. The van der Waals surface area contributed by atoms with Crippen molar-refractivity contribution in [1.29, 1.82) is 0 Å². The normalized spacial score (nSPS) is 14.8. The molecule has 1 aliphatic carbocycles. The summed E-state index contributed by atoms with van der Waals surface area (Å²) in [4.78, 5) is 23.6. The highest BCUT2D eigenvalue weighted by Gasteiger charge is 2.23. The Balaban J connectivity index is 1.82. The highest BCUT2D eigenvalue weighted by atomic mass is 16.5. The van der Waals surface area contributed by atoms with Crippen molar-refractivity contribution in [2.24, 2.45) is 5.92 Å². The Kier molecular flexibility index (Phi) is 5.26. The summed E-state index contributed by atoms with van der Waals surface area (Å²) in [6.45, 7) is 0.502. The van der Waals surface area contributed by atoms with Gasteiger partial charge in [0, 0.05) is 0 Å². The minimum Gasteiger partial charge on any atom is -0.506 e. The van der Waals surface area contributed by atoms with Gasteiger partial charge in [0.15, 0.2) is 11.3 Å². The van der Waals surface area contributed by atoms with Crippen LogP contribution in [-0.4, -0.2) is 24.8 Å². The number of benzene rings is 1. The van der Waals surface area contributed by atoms with Gasteiger partial charge < -0.3 is 19.0 Å². The average molecular weight is 346 g/mol. The predicted molar refractivity (Wildman–Crippen MR) is 92.2 cm³/mol. The molecule has 0 atom stereocenters. The summed E-state index contributed by atoms with van der Waals surface area (Å²) in [7, 11) is 1.14. The molecule has 25 heavy (non-hydrogen) atoms. The minimum absolute atomic E-state index is 0.170. The van der Waals surface area contributed by atoms with Crippen LogP contribution in [0.15, 0.2) is 27.4 Å². The number of ether oxygens (including phenoxy) is 2. The summed E-state index contributed by atoms with van der Waals surface area (Å²) in [5, 5.41) is 10.6. The second-order valence-electron chi connectivity index (χ2n) is 6.38. The molecule has 1 N–H and O–H groups in total. The fraction of sp³-hybridized carbons (Fsp3) is 0.474. The molecule has 0 amide bonds. The van der Waals surface area contributed by atoms with Crippen molar-refractivity contribution < 1.29 is 23.8 Å². The van der Waals surface area contributed by atoms with Crippen molar-refractivity contribution in [2.75, 3.05) is 13.7 Å². The molecule has 1 aliphatic rings. The van der Waals surface area contributed by atoms with Gasteiger partial charge in [0.2, 0.25) is 0 Å². The number of fused-ring (bicyclic) bond motifs is 1. The zero-order valence-corrected chi connectivity index (χ0v) is 14.2. The number of carbonyl (C=O) groups is 1. The summed E-state index contributed by atoms with van der Waals surface area (Å²) in [5.74, 6) is -0.238. The van der Waals surface area contributed by atoms with Crippen LogP contribution in [0.5, 0.6) is 11.5 Å². The van der Waals surface area contributed by atoms with Gasteiger partial charge >= 0.3 is 11.6 Å². The third-order valence-electron chi connectivity index (χ3n) is 4.75. The molecule has 1 heterocycles. The van der Waals surface area contributed by atoms with Crippen molar-refractivity contribution in [3.8, 4) is 11.5 Å². The molecular weight excluding hydrogens is 324 g/mol. The van der Waals surface area contributed by atoms with Gasteiger partial charge in [-0.25, -0.2) is 9.59 Å². The van der Waals surface area contributed by atoms with E-state index >= 15 is 0 Å². The zero-order valence-electron chi connectivity index (χ0n) is 14.2. The lowest BCUT2D eigenvalue weighted by Gasteiger charge is -2.12. The van der Waals surface area contributed by atoms with E-state index in [0.717, 1.165) is 25.9 Å². The number of carbonyl (C=O) groups excluding carboxylic acids is 1. The van der Waals surface area contributed by atoms with Gasteiger partial charge in [-0.05, 0) is 30.9 Å². The highest BCUT2D eigenvalue weighted by molar-refractivity contribution is 6.00. The van der Waals surface area contributed by atoms with Gasteiger partial charge in [-0.3, -0.25) is 0 Å². The second kappa shape index (κ2) is 7.59. The predicted octanol–water partition coefficient (Wildman–Crippen LogP) is 3.63. The molecule has 1 saturated carbocycles. The summed E-state index contributed by atoms with van der Waals surface area (Å²) >= 11 is 0. The third-order valence-corrected chi connectivity index (χ3v) is 4.75. The molecule has 0 radical (unpaired) electrons. The van der Waals surface area contributed by atoms with Gasteiger partial charge in [-0.15, -0.1) is 0 Å². The minimum atomic E-state index is -0.941. The lowest BCUT2D eigenvalue weighted by atomic mass is 10.0. The topological polar surface area (TPSA) is 86.0 Å². The first-order chi connectivity index (χ1) is 12.1. The van der Waals surface area contributed by atoms with Gasteiger partial charge in [-0.2, -0.15) is 0 Å². The standard InChI is InChI=1S/C19H22O6/c1-23-18(21)16-17(20)15-13(9-4-10-14(15)25-19(16)22)24-11-5-8-12-6-2-3-7-12/h4,9-10,12,20H,2-3,5-8,11H2,1H3. The first-order valence-electron chi connectivity index (χ1n) is 8.61. The van der Waals surface area contributed by atoms with Crippen LogP contribution in [0.3, 0.4) is 0 Å². The number of hydrogen-bond acceptors (Lipinski definition) is 6. The quantitative estimate of drug-likeness (QED) is 0.488. The van der Waals surface area contributed by atoms with Crippen LogP contribution in [0.25, 0.3) is 11.0 Å². The van der Waals surface area contributed by atoms with E-state index < -0.39 is 22.9 Å². The van der Waals surface area contributed by atoms with Crippen LogP contribution in [-0.2, 0) is 4.74 Å². The fourth-order valence-electron chi connectivity index (χ4n) is 3.46. The highest BCUT2D eigenvalue weighted by Crippen LogP contribution is 2.35. The molecule has 2 aromatic rings. The molecular formula is C19H22O6. The maximum absolute atomic E-state index is 11.9. The van der Waals surface area contributed by atoms with Crippen molar-refractivity contribution in [3.05, 3.63) is 34.2 Å². The van der Waals surface area contributed by atoms with E-state index in [4.69, 9.17) is 9.15 Å². The Morgan fingerprint density at radius 1 is 1.32 bits per heavy atom. The Bertz CT molecular complexity index is 817. The van der Waals surface area contributed by atoms with Gasteiger partial charge in [0.25, 0.3) is 0 Å². The molecule has 0 unspecified atom stereocenters. The summed E-state index contributed by atoms with van der Waals surface area (Å²) in [5.41, 5.74) is -1.28. The van der Waals surface area contributed by atoms with E-state index in [-0.39, 0.29) is 11.0 Å². The molecule has 0 saturated heterocycles. The van der Waals surface area contributed by atoms with E-state index in [2.05, 4.69) is 4.74 Å². The SMILES string of the molecule is COC(=O)c1c(O)c2c(OCCCC3CCCC3)cccc2oc1=O. The summed E-state index contributed by atoms with van der Waals surface area (Å²) < 4.78 is 15.5. The molecule has 0 spiro atoms. The molecule has 6 nitrogen and oxygen atoms in total. The Morgan fingerprint density at radius 3 is 2.80 bits per heavy atom. The van der Waals surface area contributed by atoms with Crippen LogP contribution in [0, 0.1) is 5.92 Å². The lowest BCUT2D eigenvalue weighted by molar-refractivity contribution is 0.0592. The van der Waals surface area contributed by atoms with E-state index in [1.54, 1.807) is 18.2 Å². The second-order valence-corrected chi connectivity index (χ2v) is 6.38. The molecule has 0 bridgehead atoms.